The Morgan fingerprint density at radius 2 is 1.71 bits per heavy atom. The number of benzene rings is 1. The second-order valence-electron chi connectivity index (χ2n) is 3.14. The van der Waals surface area contributed by atoms with Crippen molar-refractivity contribution in [3.8, 4) is 11.3 Å². The number of halogens is 4. The van der Waals surface area contributed by atoms with Crippen molar-refractivity contribution in [3.05, 3.63) is 38.4 Å². The second-order valence-corrected chi connectivity index (χ2v) is 4.71. The Morgan fingerprint density at radius 1 is 1.00 bits per heavy atom. The average Bonchev–Trinajstić information content (AvgIpc) is 2.26. The predicted molar refractivity (Wildman–Crippen MR) is 71.9 cm³/mol. The molecule has 1 heterocycles. The van der Waals surface area contributed by atoms with E-state index in [-0.39, 0.29) is 21.0 Å². The topological polar surface area (TPSA) is 51.8 Å². The van der Waals surface area contributed by atoms with Gasteiger partial charge in [-0.3, -0.25) is 0 Å². The monoisotopic (exact) mass is 307 g/mol. The highest BCUT2D eigenvalue weighted by Crippen LogP contribution is 2.42. The number of nitrogens with zero attached hydrogens (tertiary/aromatic N) is 2. The molecule has 0 bridgehead atoms. The molecule has 17 heavy (non-hydrogen) atoms. The zero-order chi connectivity index (χ0) is 12.6. The molecule has 2 N–H and O–H groups in total. The molecule has 2 rings (SSSR count). The molecule has 1 aromatic heterocycles. The number of aromatic nitrogens is 2. The van der Waals surface area contributed by atoms with Gasteiger partial charge in [-0.2, -0.15) is 0 Å². The van der Waals surface area contributed by atoms with Gasteiger partial charge in [0.05, 0.1) is 25.8 Å². The maximum absolute atomic E-state index is 6.09. The fourth-order valence-electron chi connectivity index (χ4n) is 1.31. The summed E-state index contributed by atoms with van der Waals surface area (Å²) in [5.41, 5.74) is 6.47. The summed E-state index contributed by atoms with van der Waals surface area (Å²) in [6.07, 6.45) is 1.51. The summed E-state index contributed by atoms with van der Waals surface area (Å²) in [6, 6.07) is 3.14. The quantitative estimate of drug-likeness (QED) is 0.630. The van der Waals surface area contributed by atoms with Crippen LogP contribution < -0.4 is 5.73 Å². The molecule has 0 radical (unpaired) electrons. The lowest BCUT2D eigenvalue weighted by Gasteiger charge is -2.09. The van der Waals surface area contributed by atoms with E-state index in [1.54, 1.807) is 6.07 Å². The minimum Gasteiger partial charge on any atom is -0.368 e. The zero-order valence-electron chi connectivity index (χ0n) is 8.22. The summed E-state index contributed by atoms with van der Waals surface area (Å²) in [5.74, 6) is 0.126. The molecular formula is C10H5Cl4N3. The highest BCUT2D eigenvalue weighted by atomic mass is 35.5. The van der Waals surface area contributed by atoms with Crippen LogP contribution in [0.1, 0.15) is 0 Å². The zero-order valence-corrected chi connectivity index (χ0v) is 11.2. The SMILES string of the molecule is Nc1nccc(-c2c(Cl)cc(Cl)c(Cl)c2Cl)n1. The van der Waals surface area contributed by atoms with Crippen LogP contribution in [0.5, 0.6) is 0 Å². The van der Waals surface area contributed by atoms with Crippen molar-refractivity contribution in [2.24, 2.45) is 0 Å². The van der Waals surface area contributed by atoms with Gasteiger partial charge in [-0.1, -0.05) is 46.4 Å². The van der Waals surface area contributed by atoms with E-state index < -0.39 is 0 Å². The minimum atomic E-state index is 0.126. The smallest absolute Gasteiger partial charge is 0.220 e. The first kappa shape index (κ1) is 12.7. The van der Waals surface area contributed by atoms with Gasteiger partial charge in [0.2, 0.25) is 5.95 Å². The van der Waals surface area contributed by atoms with E-state index in [1.807, 2.05) is 0 Å². The van der Waals surface area contributed by atoms with Crippen LogP contribution in [0.4, 0.5) is 5.95 Å². The average molecular weight is 309 g/mol. The molecule has 88 valence electrons. The summed E-state index contributed by atoms with van der Waals surface area (Å²) in [6.45, 7) is 0. The van der Waals surface area contributed by atoms with E-state index in [2.05, 4.69) is 9.97 Å². The lowest BCUT2D eigenvalue weighted by atomic mass is 10.1. The number of nitrogens with two attached hydrogens (primary N) is 1. The standard InChI is InChI=1S/C10H5Cl4N3/c11-4-3-5(12)8(13)9(14)7(4)6-1-2-16-10(15)17-6/h1-3H,(H2,15,16,17). The third-order valence-corrected chi connectivity index (χ3v) is 3.60. The van der Waals surface area contributed by atoms with Crippen LogP contribution >= 0.6 is 46.4 Å². The predicted octanol–water partition coefficient (Wildman–Crippen LogP) is 4.34. The van der Waals surface area contributed by atoms with Crippen molar-refractivity contribution in [1.82, 2.24) is 9.97 Å². The number of nitrogen functional groups attached to an aromatic ring is 1. The molecule has 3 nitrogen and oxygen atoms in total. The molecule has 1 aromatic carbocycles. The molecule has 2 aromatic rings. The highest BCUT2D eigenvalue weighted by molar-refractivity contribution is 6.51. The Bertz CT molecular complexity index is 586. The van der Waals surface area contributed by atoms with Crippen molar-refractivity contribution in [1.29, 1.82) is 0 Å². The molecule has 0 unspecified atom stereocenters. The van der Waals surface area contributed by atoms with Crippen LogP contribution in [0.3, 0.4) is 0 Å². The van der Waals surface area contributed by atoms with E-state index in [0.717, 1.165) is 0 Å². The van der Waals surface area contributed by atoms with Crippen LogP contribution in [-0.2, 0) is 0 Å². The van der Waals surface area contributed by atoms with E-state index in [4.69, 9.17) is 52.1 Å². The first-order valence-electron chi connectivity index (χ1n) is 4.42. The molecule has 0 amide bonds. The lowest BCUT2D eigenvalue weighted by molar-refractivity contribution is 1.19. The molecule has 0 saturated carbocycles. The van der Waals surface area contributed by atoms with Gasteiger partial charge in [0.15, 0.2) is 0 Å². The van der Waals surface area contributed by atoms with Crippen molar-refractivity contribution < 1.29 is 0 Å². The number of anilines is 1. The summed E-state index contributed by atoms with van der Waals surface area (Å²) < 4.78 is 0. The summed E-state index contributed by atoms with van der Waals surface area (Å²) in [4.78, 5) is 7.82. The van der Waals surface area contributed by atoms with Crippen molar-refractivity contribution in [2.45, 2.75) is 0 Å². The largest absolute Gasteiger partial charge is 0.368 e. The fourth-order valence-corrected chi connectivity index (χ4v) is 2.42. The Kier molecular flexibility index (Phi) is 3.64. The fraction of sp³-hybridized carbons (Fsp3) is 0. The van der Waals surface area contributed by atoms with Gasteiger partial charge in [0.25, 0.3) is 0 Å². The van der Waals surface area contributed by atoms with Gasteiger partial charge in [0, 0.05) is 11.8 Å². The number of hydrogen-bond acceptors (Lipinski definition) is 3. The lowest BCUT2D eigenvalue weighted by Crippen LogP contribution is -1.96. The maximum atomic E-state index is 6.09. The van der Waals surface area contributed by atoms with Crippen LogP contribution in [0, 0.1) is 0 Å². The molecule has 0 aliphatic heterocycles. The van der Waals surface area contributed by atoms with Gasteiger partial charge in [-0.05, 0) is 12.1 Å². The van der Waals surface area contributed by atoms with Gasteiger partial charge in [0.1, 0.15) is 0 Å². The summed E-state index contributed by atoms with van der Waals surface area (Å²) in [7, 11) is 0. The maximum Gasteiger partial charge on any atom is 0.220 e. The molecule has 0 aliphatic carbocycles. The van der Waals surface area contributed by atoms with E-state index >= 15 is 0 Å². The molecule has 0 saturated heterocycles. The van der Waals surface area contributed by atoms with Crippen LogP contribution in [0.25, 0.3) is 11.3 Å². The van der Waals surface area contributed by atoms with E-state index in [1.165, 1.54) is 12.3 Å². The molecule has 0 aliphatic rings. The summed E-state index contributed by atoms with van der Waals surface area (Å²) >= 11 is 24.0. The Hall–Kier alpha value is -0.740. The van der Waals surface area contributed by atoms with Crippen molar-refractivity contribution in [3.63, 3.8) is 0 Å². The molecule has 0 atom stereocenters. The highest BCUT2D eigenvalue weighted by Gasteiger charge is 2.16. The van der Waals surface area contributed by atoms with Gasteiger partial charge in [-0.15, -0.1) is 0 Å². The van der Waals surface area contributed by atoms with E-state index in [0.29, 0.717) is 16.3 Å². The number of rotatable bonds is 1. The molecular weight excluding hydrogens is 304 g/mol. The first-order valence-corrected chi connectivity index (χ1v) is 5.93. The van der Waals surface area contributed by atoms with Crippen molar-refractivity contribution in [2.75, 3.05) is 5.73 Å². The Labute approximate surface area is 117 Å². The summed E-state index contributed by atoms with van der Waals surface area (Å²) in [5, 5.41) is 1.10. The normalized spacial score (nSPS) is 10.6. The van der Waals surface area contributed by atoms with E-state index in [9.17, 15) is 0 Å². The van der Waals surface area contributed by atoms with Crippen molar-refractivity contribution >= 4 is 52.4 Å². The molecule has 7 heteroatoms. The third kappa shape index (κ3) is 2.43. The van der Waals surface area contributed by atoms with Crippen LogP contribution in [-0.4, -0.2) is 9.97 Å². The van der Waals surface area contributed by atoms with Crippen LogP contribution in [0.15, 0.2) is 18.3 Å². The second kappa shape index (κ2) is 4.86. The van der Waals surface area contributed by atoms with Gasteiger partial charge >= 0.3 is 0 Å². The van der Waals surface area contributed by atoms with Gasteiger partial charge in [-0.25, -0.2) is 9.97 Å². The molecule has 0 spiro atoms. The minimum absolute atomic E-state index is 0.126. The Morgan fingerprint density at radius 3 is 2.35 bits per heavy atom. The number of hydrogen-bond donors (Lipinski definition) is 1. The van der Waals surface area contributed by atoms with Crippen LogP contribution in [0.2, 0.25) is 20.1 Å². The first-order chi connectivity index (χ1) is 8.00. The molecule has 0 fully saturated rings. The Balaban J connectivity index is 2.72. The third-order valence-electron chi connectivity index (χ3n) is 2.04. The van der Waals surface area contributed by atoms with Gasteiger partial charge < -0.3 is 5.73 Å².